The Morgan fingerprint density at radius 3 is 2.33 bits per heavy atom. The molecule has 1 aromatic heterocycles. The zero-order valence-corrected chi connectivity index (χ0v) is 8.55. The molecule has 0 saturated carbocycles. The minimum absolute atomic E-state index is 0.0641. The molecule has 0 radical (unpaired) electrons. The van der Waals surface area contributed by atoms with E-state index in [1.807, 2.05) is 5.38 Å². The molecular formula is C9H9N3O2S. The van der Waals surface area contributed by atoms with Crippen molar-refractivity contribution in [3.63, 3.8) is 0 Å². The van der Waals surface area contributed by atoms with Gasteiger partial charge in [0.25, 0.3) is 5.69 Å². The predicted octanol–water partition coefficient (Wildman–Crippen LogP) is 2.32. The molecule has 1 heterocycles. The lowest BCUT2D eigenvalue weighted by Crippen LogP contribution is -1.88. The van der Waals surface area contributed by atoms with Crippen LogP contribution in [-0.4, -0.2) is 9.91 Å². The Morgan fingerprint density at radius 1 is 1.33 bits per heavy atom. The first-order valence-electron chi connectivity index (χ1n) is 4.02. The summed E-state index contributed by atoms with van der Waals surface area (Å²) < 4.78 is 0. The number of hydrogen-bond donors (Lipinski definition) is 1. The molecule has 2 aromatic rings. The molecule has 0 saturated heterocycles. The summed E-state index contributed by atoms with van der Waals surface area (Å²) in [5.74, 6) is 0. The number of benzene rings is 1. The SMILES string of the molecule is Nc1ccc([N+](=O)[O-])cc1.c1cscn1. The number of hydrogen-bond acceptors (Lipinski definition) is 5. The molecule has 78 valence electrons. The van der Waals surface area contributed by atoms with E-state index in [2.05, 4.69) is 4.98 Å². The van der Waals surface area contributed by atoms with Crippen LogP contribution >= 0.6 is 11.3 Å². The highest BCUT2D eigenvalue weighted by Gasteiger charge is 2.00. The molecule has 0 fully saturated rings. The number of nitro groups is 1. The highest BCUT2D eigenvalue weighted by atomic mass is 32.1. The van der Waals surface area contributed by atoms with Gasteiger partial charge in [-0.15, -0.1) is 11.3 Å². The van der Waals surface area contributed by atoms with Crippen molar-refractivity contribution in [2.24, 2.45) is 0 Å². The zero-order valence-electron chi connectivity index (χ0n) is 7.74. The standard InChI is InChI=1S/C6H6N2O2.C3H3NS/c7-5-1-3-6(4-2-5)8(9)10;1-2-5-3-4-1/h1-4H,7H2;1-3H. The van der Waals surface area contributed by atoms with Gasteiger partial charge in [-0.2, -0.15) is 0 Å². The van der Waals surface area contributed by atoms with Crippen molar-refractivity contribution in [1.82, 2.24) is 4.98 Å². The number of rotatable bonds is 1. The molecule has 0 atom stereocenters. The number of thiazole rings is 1. The van der Waals surface area contributed by atoms with Crippen molar-refractivity contribution >= 4 is 22.7 Å². The molecule has 1 aromatic carbocycles. The normalized spacial score (nSPS) is 8.80. The van der Waals surface area contributed by atoms with Crippen LogP contribution in [0.15, 0.2) is 41.4 Å². The third-order valence-corrected chi connectivity index (χ3v) is 1.97. The van der Waals surface area contributed by atoms with Gasteiger partial charge in [0.1, 0.15) is 0 Å². The summed E-state index contributed by atoms with van der Waals surface area (Å²) >= 11 is 1.60. The first-order valence-corrected chi connectivity index (χ1v) is 4.96. The van der Waals surface area contributed by atoms with Gasteiger partial charge in [-0.3, -0.25) is 15.1 Å². The minimum Gasteiger partial charge on any atom is -0.399 e. The highest BCUT2D eigenvalue weighted by molar-refractivity contribution is 7.07. The van der Waals surface area contributed by atoms with E-state index in [1.165, 1.54) is 24.3 Å². The van der Waals surface area contributed by atoms with E-state index in [-0.39, 0.29) is 5.69 Å². The van der Waals surface area contributed by atoms with Crippen LogP contribution in [0, 0.1) is 10.1 Å². The Balaban J connectivity index is 0.000000187. The molecule has 0 spiro atoms. The number of nitrogen functional groups attached to an aromatic ring is 1. The van der Waals surface area contributed by atoms with Gasteiger partial charge in [-0.05, 0) is 12.1 Å². The number of nitrogens with two attached hydrogens (primary N) is 1. The van der Waals surface area contributed by atoms with Crippen molar-refractivity contribution in [2.75, 3.05) is 5.73 Å². The lowest BCUT2D eigenvalue weighted by Gasteiger charge is -1.90. The number of aromatic nitrogens is 1. The van der Waals surface area contributed by atoms with Crippen LogP contribution < -0.4 is 5.73 Å². The van der Waals surface area contributed by atoms with Gasteiger partial charge in [0, 0.05) is 29.4 Å². The number of non-ortho nitro benzene ring substituents is 1. The van der Waals surface area contributed by atoms with E-state index in [0.29, 0.717) is 5.69 Å². The Labute approximate surface area is 90.3 Å². The Morgan fingerprint density at radius 2 is 2.00 bits per heavy atom. The maximum absolute atomic E-state index is 10.1. The smallest absolute Gasteiger partial charge is 0.269 e. The second-order valence-electron chi connectivity index (χ2n) is 2.52. The molecule has 2 N–H and O–H groups in total. The predicted molar refractivity (Wildman–Crippen MR) is 59.6 cm³/mol. The quantitative estimate of drug-likeness (QED) is 0.457. The summed E-state index contributed by atoms with van der Waals surface area (Å²) in [6.07, 6.45) is 1.77. The molecule has 0 aliphatic heterocycles. The summed E-state index contributed by atoms with van der Waals surface area (Å²) in [7, 11) is 0. The summed E-state index contributed by atoms with van der Waals surface area (Å²) in [6, 6.07) is 5.74. The summed E-state index contributed by atoms with van der Waals surface area (Å²) in [5, 5.41) is 12.0. The Kier molecular flexibility index (Phi) is 4.24. The lowest BCUT2D eigenvalue weighted by atomic mass is 10.3. The van der Waals surface area contributed by atoms with E-state index in [4.69, 9.17) is 5.73 Å². The van der Waals surface area contributed by atoms with Crippen LogP contribution in [0.4, 0.5) is 11.4 Å². The second kappa shape index (κ2) is 5.71. The van der Waals surface area contributed by atoms with Crippen LogP contribution in [0.2, 0.25) is 0 Å². The fourth-order valence-electron chi connectivity index (χ4n) is 0.772. The fourth-order valence-corrected chi connectivity index (χ4v) is 1.12. The Hall–Kier alpha value is -1.95. The minimum atomic E-state index is -0.459. The molecule has 0 unspecified atom stereocenters. The molecular weight excluding hydrogens is 214 g/mol. The van der Waals surface area contributed by atoms with Gasteiger partial charge in [-0.1, -0.05) is 0 Å². The van der Waals surface area contributed by atoms with Crippen molar-refractivity contribution < 1.29 is 4.92 Å². The molecule has 0 amide bonds. The first kappa shape index (κ1) is 11.1. The lowest BCUT2D eigenvalue weighted by molar-refractivity contribution is -0.384. The second-order valence-corrected chi connectivity index (χ2v) is 3.28. The number of anilines is 1. The Bertz CT molecular complexity index is 383. The molecule has 0 aliphatic carbocycles. The van der Waals surface area contributed by atoms with E-state index in [9.17, 15) is 10.1 Å². The van der Waals surface area contributed by atoms with Crippen molar-refractivity contribution in [3.05, 3.63) is 51.5 Å². The van der Waals surface area contributed by atoms with Gasteiger partial charge in [0.2, 0.25) is 0 Å². The van der Waals surface area contributed by atoms with Crippen LogP contribution in [-0.2, 0) is 0 Å². The molecule has 0 bridgehead atoms. The van der Waals surface area contributed by atoms with Crippen molar-refractivity contribution in [2.45, 2.75) is 0 Å². The van der Waals surface area contributed by atoms with Gasteiger partial charge >= 0.3 is 0 Å². The van der Waals surface area contributed by atoms with Crippen LogP contribution in [0.1, 0.15) is 0 Å². The van der Waals surface area contributed by atoms with Crippen LogP contribution in [0.25, 0.3) is 0 Å². The van der Waals surface area contributed by atoms with Crippen LogP contribution in [0.3, 0.4) is 0 Å². The van der Waals surface area contributed by atoms with Gasteiger partial charge in [0.05, 0.1) is 10.4 Å². The number of nitrogens with zero attached hydrogens (tertiary/aromatic N) is 2. The topological polar surface area (TPSA) is 82.0 Å². The molecule has 2 rings (SSSR count). The summed E-state index contributed by atoms with van der Waals surface area (Å²) in [5.41, 5.74) is 7.69. The van der Waals surface area contributed by atoms with Gasteiger partial charge in [0.15, 0.2) is 0 Å². The van der Waals surface area contributed by atoms with Gasteiger partial charge in [-0.25, -0.2) is 0 Å². The van der Waals surface area contributed by atoms with E-state index < -0.39 is 4.92 Å². The van der Waals surface area contributed by atoms with Crippen molar-refractivity contribution in [1.29, 1.82) is 0 Å². The summed E-state index contributed by atoms with van der Waals surface area (Å²) in [6.45, 7) is 0. The average molecular weight is 223 g/mol. The number of nitro benzene ring substituents is 1. The maximum Gasteiger partial charge on any atom is 0.269 e. The van der Waals surface area contributed by atoms with E-state index in [0.717, 1.165) is 0 Å². The average Bonchev–Trinajstić information content (AvgIpc) is 2.76. The largest absolute Gasteiger partial charge is 0.399 e. The fraction of sp³-hybridized carbons (Fsp3) is 0. The summed E-state index contributed by atoms with van der Waals surface area (Å²) in [4.78, 5) is 13.4. The van der Waals surface area contributed by atoms with Gasteiger partial charge < -0.3 is 5.73 Å². The first-order chi connectivity index (χ1) is 7.20. The molecule has 6 heteroatoms. The third-order valence-electron chi connectivity index (χ3n) is 1.45. The monoisotopic (exact) mass is 223 g/mol. The van der Waals surface area contributed by atoms with E-state index in [1.54, 1.807) is 23.0 Å². The van der Waals surface area contributed by atoms with E-state index >= 15 is 0 Å². The molecule has 5 nitrogen and oxygen atoms in total. The molecule has 15 heavy (non-hydrogen) atoms. The molecule has 0 aliphatic rings. The zero-order chi connectivity index (χ0) is 11.1. The van der Waals surface area contributed by atoms with Crippen LogP contribution in [0.5, 0.6) is 0 Å². The highest BCUT2D eigenvalue weighted by Crippen LogP contribution is 2.11. The van der Waals surface area contributed by atoms with Crippen molar-refractivity contribution in [3.8, 4) is 0 Å². The third kappa shape index (κ3) is 4.19. The maximum atomic E-state index is 10.1.